The highest BCUT2D eigenvalue weighted by Crippen LogP contribution is 2.18. The van der Waals surface area contributed by atoms with Gasteiger partial charge in [0.25, 0.3) is 0 Å². The van der Waals surface area contributed by atoms with E-state index in [2.05, 4.69) is 15.6 Å². The molecule has 0 aromatic carbocycles. The molecule has 102 valence electrons. The molecule has 2 N–H and O–H groups in total. The van der Waals surface area contributed by atoms with Crippen molar-refractivity contribution in [1.82, 2.24) is 9.88 Å². The molecule has 0 bridgehead atoms. The molecule has 0 unspecified atom stereocenters. The second-order valence-electron chi connectivity index (χ2n) is 4.26. The van der Waals surface area contributed by atoms with Crippen LogP contribution < -0.4 is 10.6 Å². The number of rotatable bonds is 7. The summed E-state index contributed by atoms with van der Waals surface area (Å²) in [4.78, 5) is 5.93. The van der Waals surface area contributed by atoms with Crippen LogP contribution in [0.2, 0.25) is 0 Å². The van der Waals surface area contributed by atoms with Crippen molar-refractivity contribution in [3.05, 3.63) is 17.7 Å². The Morgan fingerprint density at radius 3 is 2.33 bits per heavy atom. The minimum Gasteiger partial charge on any atom is -0.368 e. The quantitative estimate of drug-likeness (QED) is 0.735. The van der Waals surface area contributed by atoms with E-state index in [0.29, 0.717) is 13.1 Å². The number of aromatic nitrogens is 1. The van der Waals surface area contributed by atoms with Crippen LogP contribution in [0, 0.1) is 11.6 Å². The van der Waals surface area contributed by atoms with Crippen molar-refractivity contribution in [2.45, 2.75) is 13.3 Å². The highest BCUT2D eigenvalue weighted by molar-refractivity contribution is 5.47. The van der Waals surface area contributed by atoms with E-state index in [1.807, 2.05) is 25.9 Å². The Balaban J connectivity index is 2.61. The highest BCUT2D eigenvalue weighted by Gasteiger charge is 2.10. The molecule has 4 nitrogen and oxygen atoms in total. The molecule has 1 aromatic rings. The molecule has 0 amide bonds. The number of halogens is 2. The Morgan fingerprint density at radius 2 is 1.78 bits per heavy atom. The van der Waals surface area contributed by atoms with E-state index in [4.69, 9.17) is 0 Å². The molecule has 18 heavy (non-hydrogen) atoms. The van der Waals surface area contributed by atoms with Crippen LogP contribution in [-0.2, 0) is 0 Å². The molecular formula is C12H20F2N4. The number of pyridine rings is 1. The minimum absolute atomic E-state index is 0.0778. The third kappa shape index (κ3) is 4.44. The van der Waals surface area contributed by atoms with Crippen molar-refractivity contribution < 1.29 is 8.78 Å². The Hall–Kier alpha value is -1.43. The van der Waals surface area contributed by atoms with E-state index in [9.17, 15) is 8.78 Å². The maximum Gasteiger partial charge on any atom is 0.168 e. The lowest BCUT2D eigenvalue weighted by atomic mass is 10.3. The van der Waals surface area contributed by atoms with Gasteiger partial charge in [-0.1, -0.05) is 0 Å². The summed E-state index contributed by atoms with van der Waals surface area (Å²) in [6, 6.07) is 0.847. The van der Waals surface area contributed by atoms with Gasteiger partial charge in [0.2, 0.25) is 0 Å². The molecule has 0 aliphatic carbocycles. The number of hydrogen-bond acceptors (Lipinski definition) is 4. The number of nitrogens with zero attached hydrogens (tertiary/aromatic N) is 2. The molecule has 6 heteroatoms. The summed E-state index contributed by atoms with van der Waals surface area (Å²) in [5.74, 6) is -1.17. The lowest BCUT2D eigenvalue weighted by Gasteiger charge is -2.12. The number of hydrogen-bond donors (Lipinski definition) is 2. The molecule has 0 fully saturated rings. The third-order valence-corrected chi connectivity index (χ3v) is 2.35. The third-order valence-electron chi connectivity index (χ3n) is 2.35. The fraction of sp³-hybridized carbons (Fsp3) is 0.583. The lowest BCUT2D eigenvalue weighted by Crippen LogP contribution is -2.17. The summed E-state index contributed by atoms with van der Waals surface area (Å²) in [6.07, 6.45) is 0.863. The molecule has 0 atom stereocenters. The van der Waals surface area contributed by atoms with Crippen LogP contribution in [0.3, 0.4) is 0 Å². The summed E-state index contributed by atoms with van der Waals surface area (Å²) in [5.41, 5.74) is 0. The smallest absolute Gasteiger partial charge is 0.168 e. The topological polar surface area (TPSA) is 40.2 Å². The normalized spacial score (nSPS) is 10.8. The van der Waals surface area contributed by atoms with Gasteiger partial charge >= 0.3 is 0 Å². The SMILES string of the molecule is CCNc1nc(NCCCN(C)C)c(F)cc1F. The van der Waals surface area contributed by atoms with Crippen LogP contribution in [0.1, 0.15) is 13.3 Å². The Labute approximate surface area is 106 Å². The van der Waals surface area contributed by atoms with E-state index in [0.717, 1.165) is 19.0 Å². The summed E-state index contributed by atoms with van der Waals surface area (Å²) in [6.45, 7) is 3.86. The molecule has 0 aliphatic rings. The molecule has 1 aromatic heterocycles. The van der Waals surface area contributed by atoms with Gasteiger partial charge in [0.15, 0.2) is 23.3 Å². The summed E-state index contributed by atoms with van der Waals surface area (Å²) in [7, 11) is 3.94. The second kappa shape index (κ2) is 7.10. The Kier molecular flexibility index (Phi) is 5.77. The van der Waals surface area contributed by atoms with Gasteiger partial charge in [-0.3, -0.25) is 0 Å². The highest BCUT2D eigenvalue weighted by atomic mass is 19.1. The minimum atomic E-state index is -0.673. The zero-order chi connectivity index (χ0) is 13.5. The molecule has 0 saturated heterocycles. The Morgan fingerprint density at radius 1 is 1.17 bits per heavy atom. The lowest BCUT2D eigenvalue weighted by molar-refractivity contribution is 0.405. The van der Waals surface area contributed by atoms with E-state index in [1.54, 1.807) is 0 Å². The standard InChI is InChI=1S/C12H20F2N4/c1-4-15-11-9(13)8-10(14)12(17-11)16-6-5-7-18(2)3/h8H,4-7H2,1-3H3,(H2,15,16,17). The van der Waals surface area contributed by atoms with Crippen molar-refractivity contribution in [3.63, 3.8) is 0 Å². The van der Waals surface area contributed by atoms with Crippen molar-refractivity contribution in [3.8, 4) is 0 Å². The molecule has 0 spiro atoms. The van der Waals surface area contributed by atoms with Gasteiger partial charge in [0.1, 0.15) is 0 Å². The van der Waals surface area contributed by atoms with Crippen LogP contribution >= 0.6 is 0 Å². The fourth-order valence-corrected chi connectivity index (χ4v) is 1.48. The summed E-state index contributed by atoms with van der Waals surface area (Å²) < 4.78 is 26.8. The molecular weight excluding hydrogens is 238 g/mol. The van der Waals surface area contributed by atoms with E-state index >= 15 is 0 Å². The van der Waals surface area contributed by atoms with Gasteiger partial charge in [-0.25, -0.2) is 13.8 Å². The van der Waals surface area contributed by atoms with Crippen molar-refractivity contribution in [1.29, 1.82) is 0 Å². The average molecular weight is 258 g/mol. The second-order valence-corrected chi connectivity index (χ2v) is 4.26. The largest absolute Gasteiger partial charge is 0.368 e. The zero-order valence-electron chi connectivity index (χ0n) is 11.1. The number of nitrogens with one attached hydrogen (secondary N) is 2. The van der Waals surface area contributed by atoms with E-state index < -0.39 is 11.6 Å². The fourth-order valence-electron chi connectivity index (χ4n) is 1.48. The first-order chi connectivity index (χ1) is 8.54. The van der Waals surface area contributed by atoms with Crippen molar-refractivity contribution in [2.24, 2.45) is 0 Å². The Bertz CT molecular complexity index is 383. The number of anilines is 2. The van der Waals surface area contributed by atoms with E-state index in [1.165, 1.54) is 0 Å². The molecule has 0 aliphatic heterocycles. The van der Waals surface area contributed by atoms with Crippen LogP contribution in [-0.4, -0.2) is 43.6 Å². The van der Waals surface area contributed by atoms with Crippen molar-refractivity contribution in [2.75, 3.05) is 44.4 Å². The van der Waals surface area contributed by atoms with Gasteiger partial charge in [-0.2, -0.15) is 0 Å². The molecule has 1 heterocycles. The predicted molar refractivity (Wildman–Crippen MR) is 70.0 cm³/mol. The first-order valence-electron chi connectivity index (χ1n) is 6.03. The van der Waals surface area contributed by atoms with E-state index in [-0.39, 0.29) is 11.6 Å². The van der Waals surface area contributed by atoms with Crippen LogP contribution in [0.25, 0.3) is 0 Å². The van der Waals surface area contributed by atoms with Gasteiger partial charge < -0.3 is 15.5 Å². The van der Waals surface area contributed by atoms with Crippen LogP contribution in [0.4, 0.5) is 20.4 Å². The van der Waals surface area contributed by atoms with Gasteiger partial charge in [-0.05, 0) is 34.0 Å². The average Bonchev–Trinajstić information content (AvgIpc) is 2.29. The van der Waals surface area contributed by atoms with Gasteiger partial charge in [0.05, 0.1) is 0 Å². The van der Waals surface area contributed by atoms with Crippen LogP contribution in [0.5, 0.6) is 0 Å². The zero-order valence-corrected chi connectivity index (χ0v) is 11.1. The maximum absolute atomic E-state index is 13.5. The predicted octanol–water partition coefficient (Wildman–Crippen LogP) is 2.16. The maximum atomic E-state index is 13.5. The summed E-state index contributed by atoms with van der Waals surface area (Å²) in [5, 5.41) is 5.63. The monoisotopic (exact) mass is 258 g/mol. The molecule has 0 saturated carbocycles. The first-order valence-corrected chi connectivity index (χ1v) is 6.03. The van der Waals surface area contributed by atoms with Gasteiger partial charge in [0, 0.05) is 19.2 Å². The van der Waals surface area contributed by atoms with Gasteiger partial charge in [-0.15, -0.1) is 0 Å². The van der Waals surface area contributed by atoms with Crippen LogP contribution in [0.15, 0.2) is 6.07 Å². The molecule has 1 rings (SSSR count). The first kappa shape index (κ1) is 14.6. The molecule has 0 radical (unpaired) electrons. The summed E-state index contributed by atoms with van der Waals surface area (Å²) >= 11 is 0. The van der Waals surface area contributed by atoms with Crippen molar-refractivity contribution >= 4 is 11.6 Å².